The molecule has 6 heteroatoms. The van der Waals surface area contributed by atoms with Gasteiger partial charge in [-0.3, -0.25) is 9.59 Å². The van der Waals surface area contributed by atoms with Gasteiger partial charge in [-0.1, -0.05) is 0 Å². The highest BCUT2D eigenvalue weighted by atomic mass is 35.5. The van der Waals surface area contributed by atoms with Crippen molar-refractivity contribution in [3.05, 3.63) is 0 Å². The van der Waals surface area contributed by atoms with Crippen molar-refractivity contribution in [2.24, 2.45) is 5.92 Å². The van der Waals surface area contributed by atoms with E-state index in [1.807, 2.05) is 0 Å². The first-order valence-corrected chi connectivity index (χ1v) is 4.58. The molecule has 0 aromatic carbocycles. The van der Waals surface area contributed by atoms with Crippen molar-refractivity contribution >= 4 is 24.3 Å². The van der Waals surface area contributed by atoms with Crippen LogP contribution in [0.3, 0.4) is 0 Å². The second kappa shape index (κ2) is 6.63. The van der Waals surface area contributed by atoms with Crippen molar-refractivity contribution < 1.29 is 19.1 Å². The van der Waals surface area contributed by atoms with Crippen LogP contribution in [0.2, 0.25) is 0 Å². The Morgan fingerprint density at radius 2 is 1.73 bits per heavy atom. The average Bonchev–Trinajstić information content (AvgIpc) is 2.27. The van der Waals surface area contributed by atoms with Gasteiger partial charge in [0.15, 0.2) is 0 Å². The molecule has 0 radical (unpaired) electrons. The SMILES string of the molecule is COC(=O)[C@H]1CC[C@H](C(=O)OC)NC1.Cl. The Bertz CT molecular complexity index is 202. The molecule has 0 aromatic rings. The maximum absolute atomic E-state index is 11.1. The lowest BCUT2D eigenvalue weighted by Crippen LogP contribution is -2.46. The molecular weight excluding hydrogens is 222 g/mol. The Hall–Kier alpha value is -0.810. The normalized spacial score (nSPS) is 24.9. The van der Waals surface area contributed by atoms with E-state index in [9.17, 15) is 9.59 Å². The summed E-state index contributed by atoms with van der Waals surface area (Å²) in [4.78, 5) is 22.2. The van der Waals surface area contributed by atoms with Crippen molar-refractivity contribution in [2.75, 3.05) is 20.8 Å². The number of hydrogen-bond acceptors (Lipinski definition) is 5. The number of carbonyl (C=O) groups is 2. The summed E-state index contributed by atoms with van der Waals surface area (Å²) in [5.41, 5.74) is 0. The first-order valence-electron chi connectivity index (χ1n) is 4.58. The molecule has 1 rings (SSSR count). The predicted octanol–water partition coefficient (Wildman–Crippen LogP) is 0.122. The third-order valence-corrected chi connectivity index (χ3v) is 2.43. The Kier molecular flexibility index (Phi) is 6.27. The molecule has 1 fully saturated rings. The van der Waals surface area contributed by atoms with Gasteiger partial charge in [-0.2, -0.15) is 0 Å². The van der Waals surface area contributed by atoms with Gasteiger partial charge >= 0.3 is 11.9 Å². The first kappa shape index (κ1) is 14.2. The first-order chi connectivity index (χ1) is 6.69. The highest BCUT2D eigenvalue weighted by molar-refractivity contribution is 5.85. The molecule has 1 aliphatic heterocycles. The number of hydrogen-bond donors (Lipinski definition) is 1. The second-order valence-electron chi connectivity index (χ2n) is 3.28. The highest BCUT2D eigenvalue weighted by Crippen LogP contribution is 2.16. The van der Waals surface area contributed by atoms with E-state index in [4.69, 9.17) is 0 Å². The van der Waals surface area contributed by atoms with E-state index in [0.717, 1.165) is 0 Å². The lowest BCUT2D eigenvalue weighted by molar-refractivity contribution is -0.149. The maximum atomic E-state index is 11.1. The van der Waals surface area contributed by atoms with Gasteiger partial charge in [0.2, 0.25) is 0 Å². The smallest absolute Gasteiger partial charge is 0.322 e. The van der Waals surface area contributed by atoms with Gasteiger partial charge in [0.1, 0.15) is 6.04 Å². The molecule has 1 heterocycles. The zero-order valence-electron chi connectivity index (χ0n) is 8.82. The number of esters is 2. The Balaban J connectivity index is 0.00000196. The highest BCUT2D eigenvalue weighted by Gasteiger charge is 2.30. The molecule has 0 aliphatic carbocycles. The standard InChI is InChI=1S/C9H15NO4.ClH/c1-13-8(11)6-3-4-7(10-5-6)9(12)14-2;/h6-7,10H,3-5H2,1-2H3;1H/t6-,7+;/m0./s1. The largest absolute Gasteiger partial charge is 0.469 e. The zero-order valence-corrected chi connectivity index (χ0v) is 9.63. The molecule has 0 saturated carbocycles. The molecule has 5 nitrogen and oxygen atoms in total. The number of halogens is 1. The third-order valence-electron chi connectivity index (χ3n) is 2.43. The van der Waals surface area contributed by atoms with E-state index in [1.165, 1.54) is 14.2 Å². The van der Waals surface area contributed by atoms with Crippen molar-refractivity contribution in [1.82, 2.24) is 5.32 Å². The van der Waals surface area contributed by atoms with Crippen molar-refractivity contribution in [3.63, 3.8) is 0 Å². The maximum Gasteiger partial charge on any atom is 0.322 e. The van der Waals surface area contributed by atoms with Crippen molar-refractivity contribution in [2.45, 2.75) is 18.9 Å². The van der Waals surface area contributed by atoms with Crippen LogP contribution in [0.15, 0.2) is 0 Å². The fourth-order valence-corrected chi connectivity index (χ4v) is 1.57. The van der Waals surface area contributed by atoms with Crippen LogP contribution in [-0.4, -0.2) is 38.7 Å². The van der Waals surface area contributed by atoms with Crippen LogP contribution in [0, 0.1) is 5.92 Å². The van der Waals surface area contributed by atoms with E-state index >= 15 is 0 Å². The molecule has 1 aliphatic rings. The van der Waals surface area contributed by atoms with Crippen LogP contribution in [-0.2, 0) is 19.1 Å². The van der Waals surface area contributed by atoms with Gasteiger partial charge < -0.3 is 14.8 Å². The van der Waals surface area contributed by atoms with Gasteiger partial charge in [-0.15, -0.1) is 12.4 Å². The summed E-state index contributed by atoms with van der Waals surface area (Å²) in [6.07, 6.45) is 1.28. The molecule has 0 bridgehead atoms. The summed E-state index contributed by atoms with van der Waals surface area (Å²) >= 11 is 0. The Morgan fingerprint density at radius 3 is 2.13 bits per heavy atom. The summed E-state index contributed by atoms with van der Waals surface area (Å²) in [7, 11) is 2.73. The summed E-state index contributed by atoms with van der Waals surface area (Å²) < 4.78 is 9.21. The molecule has 0 amide bonds. The molecule has 1 N–H and O–H groups in total. The van der Waals surface area contributed by atoms with Gasteiger partial charge in [-0.25, -0.2) is 0 Å². The monoisotopic (exact) mass is 237 g/mol. The van der Waals surface area contributed by atoms with Crippen LogP contribution in [0.1, 0.15) is 12.8 Å². The van der Waals surface area contributed by atoms with Crippen molar-refractivity contribution in [1.29, 1.82) is 0 Å². The second-order valence-corrected chi connectivity index (χ2v) is 3.28. The van der Waals surface area contributed by atoms with Crippen LogP contribution in [0.25, 0.3) is 0 Å². The van der Waals surface area contributed by atoms with Crippen molar-refractivity contribution in [3.8, 4) is 0 Å². The Labute approximate surface area is 94.9 Å². The fraction of sp³-hybridized carbons (Fsp3) is 0.778. The third kappa shape index (κ3) is 3.68. The number of nitrogens with one attached hydrogen (secondary N) is 1. The van der Waals surface area contributed by atoms with Gasteiger partial charge in [0.25, 0.3) is 0 Å². The number of piperidine rings is 1. The molecule has 2 atom stereocenters. The van der Waals surface area contributed by atoms with Gasteiger partial charge in [-0.05, 0) is 12.8 Å². The average molecular weight is 238 g/mol. The van der Waals surface area contributed by atoms with E-state index in [-0.39, 0.29) is 36.3 Å². The van der Waals surface area contributed by atoms with E-state index in [2.05, 4.69) is 14.8 Å². The number of methoxy groups -OCH3 is 2. The number of rotatable bonds is 2. The minimum Gasteiger partial charge on any atom is -0.469 e. The summed E-state index contributed by atoms with van der Waals surface area (Å²) in [5.74, 6) is -0.630. The predicted molar refractivity (Wildman–Crippen MR) is 55.8 cm³/mol. The van der Waals surface area contributed by atoms with E-state index in [1.54, 1.807) is 0 Å². The minimum atomic E-state index is -0.277. The summed E-state index contributed by atoms with van der Waals surface area (Å²) in [6, 6.07) is -0.277. The molecule has 15 heavy (non-hydrogen) atoms. The van der Waals surface area contributed by atoms with Crippen LogP contribution >= 0.6 is 12.4 Å². The van der Waals surface area contributed by atoms with Gasteiger partial charge in [0.05, 0.1) is 20.1 Å². The lowest BCUT2D eigenvalue weighted by Gasteiger charge is -2.26. The lowest BCUT2D eigenvalue weighted by atomic mass is 9.95. The number of ether oxygens (including phenoxy) is 2. The molecule has 0 aromatic heterocycles. The molecule has 88 valence electrons. The van der Waals surface area contributed by atoms with E-state index < -0.39 is 0 Å². The zero-order chi connectivity index (χ0) is 10.6. The Morgan fingerprint density at radius 1 is 1.13 bits per heavy atom. The summed E-state index contributed by atoms with van der Waals surface area (Å²) in [5, 5.41) is 2.96. The van der Waals surface area contributed by atoms with Crippen LogP contribution in [0.5, 0.6) is 0 Å². The quantitative estimate of drug-likeness (QED) is 0.692. The topological polar surface area (TPSA) is 64.6 Å². The molecule has 1 saturated heterocycles. The van der Waals surface area contributed by atoms with Gasteiger partial charge in [0, 0.05) is 6.54 Å². The van der Waals surface area contributed by atoms with Crippen LogP contribution in [0.4, 0.5) is 0 Å². The van der Waals surface area contributed by atoms with Crippen LogP contribution < -0.4 is 5.32 Å². The fourth-order valence-electron chi connectivity index (χ4n) is 1.57. The number of carbonyl (C=O) groups excluding carboxylic acids is 2. The summed E-state index contributed by atoms with van der Waals surface area (Å²) in [6.45, 7) is 0.479. The molecule has 0 unspecified atom stereocenters. The molecule has 0 spiro atoms. The molecular formula is C9H16ClNO4. The van der Waals surface area contributed by atoms with E-state index in [0.29, 0.717) is 19.4 Å². The minimum absolute atomic E-state index is 0.